The van der Waals surface area contributed by atoms with Gasteiger partial charge in [0.2, 0.25) is 10.0 Å². The van der Waals surface area contributed by atoms with E-state index < -0.39 is 15.5 Å². The predicted octanol–water partition coefficient (Wildman–Crippen LogP) is 3.46. The zero-order valence-electron chi connectivity index (χ0n) is 17.3. The van der Waals surface area contributed by atoms with Gasteiger partial charge in [0.25, 0.3) is 5.91 Å². The molecule has 32 heavy (non-hydrogen) atoms. The van der Waals surface area contributed by atoms with Crippen molar-refractivity contribution in [3.8, 4) is 11.5 Å². The van der Waals surface area contributed by atoms with Gasteiger partial charge in [-0.3, -0.25) is 4.79 Å². The lowest BCUT2D eigenvalue weighted by molar-refractivity contribution is -0.0328. The van der Waals surface area contributed by atoms with Crippen molar-refractivity contribution >= 4 is 27.7 Å². The standard InChI is InChI=1S/C20H21F3N2O5S2/c1-29-17-8-7-16(13-18(17)30-2)32(27,28)25-11-9-24(10-12-25)19(26)14-3-5-15(6-4-14)31-20(21,22)23/h3-8,13H,9-12H2,1-2H3. The minimum atomic E-state index is -4.40. The maximum Gasteiger partial charge on any atom is 0.446 e. The molecule has 0 atom stereocenters. The molecule has 12 heteroatoms. The van der Waals surface area contributed by atoms with Gasteiger partial charge in [0, 0.05) is 42.7 Å². The molecule has 1 aliphatic rings. The van der Waals surface area contributed by atoms with E-state index in [1.807, 2.05) is 0 Å². The van der Waals surface area contributed by atoms with E-state index >= 15 is 0 Å². The average molecular weight is 491 g/mol. The first-order chi connectivity index (χ1) is 15.0. The Morgan fingerprint density at radius 3 is 2.06 bits per heavy atom. The number of carbonyl (C=O) groups is 1. The molecule has 1 heterocycles. The van der Waals surface area contributed by atoms with Crippen LogP contribution in [0.5, 0.6) is 11.5 Å². The molecular weight excluding hydrogens is 469 g/mol. The van der Waals surface area contributed by atoms with E-state index in [1.165, 1.54) is 65.9 Å². The normalized spacial score (nSPS) is 15.5. The summed E-state index contributed by atoms with van der Waals surface area (Å²) in [6.45, 7) is 0.490. The summed E-state index contributed by atoms with van der Waals surface area (Å²) in [6.07, 6.45) is 0. The molecule has 2 aromatic rings. The number of rotatable bonds is 6. The summed E-state index contributed by atoms with van der Waals surface area (Å²) < 4.78 is 74.9. The van der Waals surface area contributed by atoms with Gasteiger partial charge in [-0.15, -0.1) is 0 Å². The van der Waals surface area contributed by atoms with Crippen LogP contribution < -0.4 is 9.47 Å². The summed E-state index contributed by atoms with van der Waals surface area (Å²) in [5.74, 6) is 0.327. The number of piperazine rings is 1. The molecular formula is C20H21F3N2O5S2. The Kier molecular flexibility index (Phi) is 7.25. The number of alkyl halides is 3. The summed E-state index contributed by atoms with van der Waals surface area (Å²) in [6, 6.07) is 9.46. The van der Waals surface area contributed by atoms with Crippen LogP contribution in [0.15, 0.2) is 52.3 Å². The van der Waals surface area contributed by atoms with Gasteiger partial charge in [-0.05, 0) is 48.2 Å². The molecule has 2 aromatic carbocycles. The predicted molar refractivity (Wildman–Crippen MR) is 113 cm³/mol. The Bertz CT molecular complexity index is 1070. The lowest BCUT2D eigenvalue weighted by Gasteiger charge is -2.34. The number of hydrogen-bond acceptors (Lipinski definition) is 6. The van der Waals surface area contributed by atoms with Crippen LogP contribution in [0.1, 0.15) is 10.4 Å². The Morgan fingerprint density at radius 2 is 1.53 bits per heavy atom. The number of hydrogen-bond donors (Lipinski definition) is 0. The fourth-order valence-corrected chi connectivity index (χ4v) is 5.22. The lowest BCUT2D eigenvalue weighted by Crippen LogP contribution is -2.50. The number of thioether (sulfide) groups is 1. The average Bonchev–Trinajstić information content (AvgIpc) is 2.77. The molecule has 1 aliphatic heterocycles. The summed E-state index contributed by atoms with van der Waals surface area (Å²) in [5, 5.41) is 0. The highest BCUT2D eigenvalue weighted by molar-refractivity contribution is 8.00. The van der Waals surface area contributed by atoms with Crippen LogP contribution in [0.25, 0.3) is 0 Å². The van der Waals surface area contributed by atoms with Crippen molar-refractivity contribution in [2.75, 3.05) is 40.4 Å². The zero-order valence-corrected chi connectivity index (χ0v) is 18.9. The minimum absolute atomic E-state index is 0.0140. The van der Waals surface area contributed by atoms with Crippen molar-refractivity contribution in [2.45, 2.75) is 15.3 Å². The number of methoxy groups -OCH3 is 2. The second-order valence-corrected chi connectivity index (χ2v) is 9.86. The molecule has 1 fully saturated rings. The summed E-state index contributed by atoms with van der Waals surface area (Å²) in [5.41, 5.74) is -4.16. The number of ether oxygens (including phenoxy) is 2. The molecule has 7 nitrogen and oxygen atoms in total. The fourth-order valence-electron chi connectivity index (χ4n) is 3.24. The van der Waals surface area contributed by atoms with E-state index in [0.29, 0.717) is 5.75 Å². The Labute approximate surface area is 188 Å². The number of halogens is 3. The third kappa shape index (κ3) is 5.48. The van der Waals surface area contributed by atoms with Crippen molar-refractivity contribution in [2.24, 2.45) is 0 Å². The van der Waals surface area contributed by atoms with Crippen LogP contribution in [0.3, 0.4) is 0 Å². The monoisotopic (exact) mass is 490 g/mol. The zero-order chi connectivity index (χ0) is 23.5. The Balaban J connectivity index is 1.66. The van der Waals surface area contributed by atoms with Gasteiger partial charge in [-0.2, -0.15) is 17.5 Å². The SMILES string of the molecule is COc1ccc(S(=O)(=O)N2CCN(C(=O)c3ccc(SC(F)(F)F)cc3)CC2)cc1OC. The van der Waals surface area contributed by atoms with Crippen LogP contribution in [0.4, 0.5) is 13.2 Å². The van der Waals surface area contributed by atoms with Gasteiger partial charge < -0.3 is 14.4 Å². The second kappa shape index (κ2) is 9.59. The number of nitrogens with zero attached hydrogens (tertiary/aromatic N) is 2. The largest absolute Gasteiger partial charge is 0.493 e. The molecule has 0 spiro atoms. The summed E-state index contributed by atoms with van der Waals surface area (Å²) >= 11 is -0.253. The first-order valence-corrected chi connectivity index (χ1v) is 11.7. The van der Waals surface area contributed by atoms with Crippen LogP contribution in [-0.4, -0.2) is 69.4 Å². The van der Waals surface area contributed by atoms with Crippen molar-refractivity contribution in [1.29, 1.82) is 0 Å². The summed E-state index contributed by atoms with van der Waals surface area (Å²) in [7, 11) is -0.947. The molecule has 3 rings (SSSR count). The minimum Gasteiger partial charge on any atom is -0.493 e. The van der Waals surface area contributed by atoms with E-state index in [9.17, 15) is 26.4 Å². The number of amides is 1. The molecule has 0 bridgehead atoms. The molecule has 0 radical (unpaired) electrons. The fraction of sp³-hybridized carbons (Fsp3) is 0.350. The van der Waals surface area contributed by atoms with Gasteiger partial charge in [-0.1, -0.05) is 0 Å². The molecule has 0 aliphatic carbocycles. The smallest absolute Gasteiger partial charge is 0.446 e. The molecule has 0 aromatic heterocycles. The van der Waals surface area contributed by atoms with Crippen molar-refractivity contribution in [1.82, 2.24) is 9.21 Å². The highest BCUT2D eigenvalue weighted by atomic mass is 32.2. The maximum atomic E-state index is 13.0. The van der Waals surface area contributed by atoms with Crippen molar-refractivity contribution in [3.05, 3.63) is 48.0 Å². The Hall–Kier alpha value is -2.44. The van der Waals surface area contributed by atoms with E-state index in [-0.39, 0.29) is 65.0 Å². The van der Waals surface area contributed by atoms with Crippen molar-refractivity contribution < 1.29 is 35.9 Å². The summed E-state index contributed by atoms with van der Waals surface area (Å²) in [4.78, 5) is 14.2. The van der Waals surface area contributed by atoms with Gasteiger partial charge in [0.05, 0.1) is 19.1 Å². The first kappa shape index (κ1) is 24.2. The molecule has 1 amide bonds. The first-order valence-electron chi connectivity index (χ1n) is 9.42. The van der Waals surface area contributed by atoms with E-state index in [4.69, 9.17) is 9.47 Å². The highest BCUT2D eigenvalue weighted by Crippen LogP contribution is 2.37. The molecule has 0 unspecified atom stereocenters. The third-order valence-corrected chi connectivity index (χ3v) is 7.49. The molecule has 174 valence electrons. The lowest BCUT2D eigenvalue weighted by atomic mass is 10.2. The molecule has 1 saturated heterocycles. The quantitative estimate of drug-likeness (QED) is 0.578. The van der Waals surface area contributed by atoms with Crippen LogP contribution in [0, 0.1) is 0 Å². The van der Waals surface area contributed by atoms with E-state index in [1.54, 1.807) is 0 Å². The van der Waals surface area contributed by atoms with Gasteiger partial charge >= 0.3 is 5.51 Å². The van der Waals surface area contributed by atoms with Crippen LogP contribution in [0.2, 0.25) is 0 Å². The van der Waals surface area contributed by atoms with E-state index in [0.717, 1.165) is 0 Å². The Morgan fingerprint density at radius 1 is 0.938 bits per heavy atom. The highest BCUT2D eigenvalue weighted by Gasteiger charge is 2.32. The van der Waals surface area contributed by atoms with Gasteiger partial charge in [-0.25, -0.2) is 8.42 Å². The molecule has 0 N–H and O–H groups in total. The van der Waals surface area contributed by atoms with Crippen LogP contribution >= 0.6 is 11.8 Å². The molecule has 0 saturated carbocycles. The second-order valence-electron chi connectivity index (χ2n) is 6.79. The number of benzene rings is 2. The van der Waals surface area contributed by atoms with Crippen molar-refractivity contribution in [3.63, 3.8) is 0 Å². The maximum absolute atomic E-state index is 13.0. The van der Waals surface area contributed by atoms with E-state index in [2.05, 4.69) is 0 Å². The van der Waals surface area contributed by atoms with Gasteiger partial charge in [0.1, 0.15) is 0 Å². The topological polar surface area (TPSA) is 76.2 Å². The third-order valence-electron chi connectivity index (χ3n) is 4.85. The number of sulfonamides is 1. The number of carbonyl (C=O) groups excluding carboxylic acids is 1. The van der Waals surface area contributed by atoms with Crippen LogP contribution in [-0.2, 0) is 10.0 Å². The van der Waals surface area contributed by atoms with Gasteiger partial charge in [0.15, 0.2) is 11.5 Å².